The molecule has 5 heteroatoms. The van der Waals surface area contributed by atoms with Gasteiger partial charge in [0.05, 0.1) is 11.6 Å². The molecule has 2 nitrogen and oxygen atoms in total. The summed E-state index contributed by atoms with van der Waals surface area (Å²) in [6, 6.07) is 5.54. The van der Waals surface area contributed by atoms with Gasteiger partial charge >= 0.3 is 6.18 Å². The molecule has 0 aromatic heterocycles. The highest BCUT2D eigenvalue weighted by molar-refractivity contribution is 5.49. The average molecular weight is 271 g/mol. The first kappa shape index (κ1) is 13.9. The first-order valence-electron chi connectivity index (χ1n) is 6.31. The minimum Gasteiger partial charge on any atom is -0.481 e. The highest BCUT2D eigenvalue weighted by Crippen LogP contribution is 2.32. The molecule has 1 aliphatic rings. The zero-order valence-corrected chi connectivity index (χ0v) is 10.7. The van der Waals surface area contributed by atoms with Crippen LogP contribution < -0.4 is 0 Å². The van der Waals surface area contributed by atoms with E-state index in [4.69, 9.17) is 4.74 Å². The summed E-state index contributed by atoms with van der Waals surface area (Å²) < 4.78 is 42.5. The molecule has 0 radical (unpaired) electrons. The van der Waals surface area contributed by atoms with E-state index in [-0.39, 0.29) is 12.0 Å². The molecular weight excluding hydrogens is 255 g/mol. The lowest BCUT2D eigenvalue weighted by Crippen LogP contribution is -2.12. The smallest absolute Gasteiger partial charge is 0.416 e. The summed E-state index contributed by atoms with van der Waals surface area (Å²) in [4.78, 5) is 4.18. The molecule has 0 spiro atoms. The van der Waals surface area contributed by atoms with Gasteiger partial charge in [0, 0.05) is 0 Å². The van der Waals surface area contributed by atoms with Gasteiger partial charge in [-0.2, -0.15) is 13.2 Å². The molecule has 1 aromatic rings. The number of rotatable bonds is 4. The van der Waals surface area contributed by atoms with Crippen LogP contribution in [-0.4, -0.2) is 19.0 Å². The van der Waals surface area contributed by atoms with Gasteiger partial charge in [0.2, 0.25) is 0 Å². The Hall–Kier alpha value is -1.52. The van der Waals surface area contributed by atoms with E-state index in [1.54, 1.807) is 12.1 Å². The van der Waals surface area contributed by atoms with Gasteiger partial charge in [0.25, 0.3) is 0 Å². The molecule has 0 saturated carbocycles. The van der Waals surface area contributed by atoms with E-state index >= 15 is 0 Å². The SMILES string of the molecule is CCC(CC1COC=N1)c1ccc(C(F)(F)F)cc1. The average Bonchev–Trinajstić information content (AvgIpc) is 2.88. The van der Waals surface area contributed by atoms with Crippen molar-refractivity contribution >= 4 is 6.40 Å². The second kappa shape index (κ2) is 5.63. The molecule has 2 unspecified atom stereocenters. The summed E-state index contributed by atoms with van der Waals surface area (Å²) in [5, 5.41) is 0. The van der Waals surface area contributed by atoms with Gasteiger partial charge in [-0.3, -0.25) is 4.99 Å². The van der Waals surface area contributed by atoms with Crippen molar-refractivity contribution < 1.29 is 17.9 Å². The number of nitrogens with zero attached hydrogens (tertiary/aromatic N) is 1. The quantitative estimate of drug-likeness (QED) is 0.810. The van der Waals surface area contributed by atoms with E-state index in [9.17, 15) is 13.2 Å². The maximum atomic E-state index is 12.5. The molecule has 1 aliphatic heterocycles. The first-order chi connectivity index (χ1) is 9.00. The summed E-state index contributed by atoms with van der Waals surface area (Å²) in [6.07, 6.45) is -1.15. The highest BCUT2D eigenvalue weighted by Gasteiger charge is 2.30. The Kier molecular flexibility index (Phi) is 4.12. The van der Waals surface area contributed by atoms with Gasteiger partial charge in [-0.15, -0.1) is 0 Å². The monoisotopic (exact) mass is 271 g/mol. The van der Waals surface area contributed by atoms with Crippen molar-refractivity contribution in [3.05, 3.63) is 35.4 Å². The lowest BCUT2D eigenvalue weighted by atomic mass is 9.90. The third-order valence-electron chi connectivity index (χ3n) is 3.39. The van der Waals surface area contributed by atoms with Crippen molar-refractivity contribution in [2.75, 3.05) is 6.61 Å². The van der Waals surface area contributed by atoms with Gasteiger partial charge in [-0.05, 0) is 36.5 Å². The maximum Gasteiger partial charge on any atom is 0.416 e. The number of hydrogen-bond acceptors (Lipinski definition) is 2. The van der Waals surface area contributed by atoms with Crippen LogP contribution in [-0.2, 0) is 10.9 Å². The minimum atomic E-state index is -4.27. The van der Waals surface area contributed by atoms with Crippen LogP contribution in [0.1, 0.15) is 36.8 Å². The molecule has 2 atom stereocenters. The van der Waals surface area contributed by atoms with Crippen molar-refractivity contribution in [2.24, 2.45) is 4.99 Å². The van der Waals surface area contributed by atoms with Gasteiger partial charge < -0.3 is 4.74 Å². The summed E-state index contributed by atoms with van der Waals surface area (Å²) in [5.41, 5.74) is 0.325. The molecule has 104 valence electrons. The number of alkyl halides is 3. The van der Waals surface area contributed by atoms with E-state index in [0.29, 0.717) is 6.61 Å². The van der Waals surface area contributed by atoms with Gasteiger partial charge in [-0.25, -0.2) is 0 Å². The second-order valence-corrected chi connectivity index (χ2v) is 4.70. The lowest BCUT2D eigenvalue weighted by molar-refractivity contribution is -0.137. The van der Waals surface area contributed by atoms with E-state index in [2.05, 4.69) is 4.99 Å². The number of aliphatic imine (C=N–C) groups is 1. The Morgan fingerprint density at radius 1 is 1.32 bits per heavy atom. The highest BCUT2D eigenvalue weighted by atomic mass is 19.4. The Labute approximate surface area is 110 Å². The predicted molar refractivity (Wildman–Crippen MR) is 67.3 cm³/mol. The van der Waals surface area contributed by atoms with Gasteiger partial charge in [-0.1, -0.05) is 19.1 Å². The topological polar surface area (TPSA) is 21.6 Å². The molecular formula is C14H16F3NO. The van der Waals surface area contributed by atoms with Crippen molar-refractivity contribution in [1.29, 1.82) is 0 Å². The zero-order chi connectivity index (χ0) is 13.9. The van der Waals surface area contributed by atoms with Crippen molar-refractivity contribution in [1.82, 2.24) is 0 Å². The standard InChI is InChI=1S/C14H16F3NO/c1-2-10(7-13-8-19-9-18-13)11-3-5-12(6-4-11)14(15,16)17/h3-6,9-10,13H,2,7-8H2,1H3. The second-order valence-electron chi connectivity index (χ2n) is 4.70. The van der Waals surface area contributed by atoms with Gasteiger partial charge in [0.15, 0.2) is 6.40 Å². The number of benzene rings is 1. The van der Waals surface area contributed by atoms with Crippen LogP contribution in [0.4, 0.5) is 13.2 Å². The fraction of sp³-hybridized carbons (Fsp3) is 0.500. The summed E-state index contributed by atoms with van der Waals surface area (Å²) in [7, 11) is 0. The predicted octanol–water partition coefficient (Wildman–Crippen LogP) is 4.02. The molecule has 0 amide bonds. The molecule has 19 heavy (non-hydrogen) atoms. The molecule has 0 bridgehead atoms. The maximum absolute atomic E-state index is 12.5. The molecule has 1 aromatic carbocycles. The molecule has 0 saturated heterocycles. The van der Waals surface area contributed by atoms with Crippen LogP contribution in [0.3, 0.4) is 0 Å². The van der Waals surface area contributed by atoms with Crippen molar-refractivity contribution in [3.8, 4) is 0 Å². The van der Waals surface area contributed by atoms with Gasteiger partial charge in [0.1, 0.15) is 6.61 Å². The molecule has 1 heterocycles. The molecule has 0 aliphatic carbocycles. The fourth-order valence-electron chi connectivity index (χ4n) is 2.27. The summed E-state index contributed by atoms with van der Waals surface area (Å²) in [5.74, 6) is 0.214. The van der Waals surface area contributed by atoms with Crippen molar-refractivity contribution in [2.45, 2.75) is 37.9 Å². The molecule has 0 N–H and O–H groups in total. The Bertz CT molecular complexity index is 439. The van der Waals surface area contributed by atoms with Crippen LogP contribution in [0.25, 0.3) is 0 Å². The Morgan fingerprint density at radius 2 is 2.00 bits per heavy atom. The lowest BCUT2D eigenvalue weighted by Gasteiger charge is -2.18. The van der Waals surface area contributed by atoms with E-state index in [1.807, 2.05) is 6.92 Å². The third kappa shape index (κ3) is 3.49. The normalized spacial score (nSPS) is 20.3. The number of hydrogen-bond donors (Lipinski definition) is 0. The molecule has 2 rings (SSSR count). The van der Waals surface area contributed by atoms with Crippen LogP contribution in [0.2, 0.25) is 0 Å². The van der Waals surface area contributed by atoms with E-state index in [1.165, 1.54) is 6.40 Å². The van der Waals surface area contributed by atoms with Crippen LogP contribution >= 0.6 is 0 Å². The molecule has 0 fully saturated rings. The number of halogens is 3. The van der Waals surface area contributed by atoms with Crippen molar-refractivity contribution in [3.63, 3.8) is 0 Å². The van der Waals surface area contributed by atoms with E-state index < -0.39 is 11.7 Å². The fourth-order valence-corrected chi connectivity index (χ4v) is 2.27. The van der Waals surface area contributed by atoms with E-state index in [0.717, 1.165) is 30.5 Å². The first-order valence-corrected chi connectivity index (χ1v) is 6.31. The Morgan fingerprint density at radius 3 is 2.47 bits per heavy atom. The van der Waals surface area contributed by atoms with Crippen LogP contribution in [0.15, 0.2) is 29.3 Å². The minimum absolute atomic E-state index is 0.118. The summed E-state index contributed by atoms with van der Waals surface area (Å²) >= 11 is 0. The van der Waals surface area contributed by atoms with Crippen LogP contribution in [0, 0.1) is 0 Å². The summed E-state index contributed by atoms with van der Waals surface area (Å²) in [6.45, 7) is 2.60. The Balaban J connectivity index is 2.08. The van der Waals surface area contributed by atoms with Crippen LogP contribution in [0.5, 0.6) is 0 Å². The largest absolute Gasteiger partial charge is 0.481 e. The zero-order valence-electron chi connectivity index (χ0n) is 10.7. The number of ether oxygens (including phenoxy) is 1. The third-order valence-corrected chi connectivity index (χ3v) is 3.39.